The largest absolute Gasteiger partial charge is 0.309 e. The molecule has 0 saturated carbocycles. The van der Waals surface area contributed by atoms with E-state index < -0.39 is 9.05 Å². The van der Waals surface area contributed by atoms with Gasteiger partial charge in [-0.25, -0.2) is 8.42 Å². The molecule has 6 nitrogen and oxygen atoms in total. The first-order valence-electron chi connectivity index (χ1n) is 5.98. The minimum Gasteiger partial charge on any atom is -0.309 e. The summed E-state index contributed by atoms with van der Waals surface area (Å²) in [5.41, 5.74) is 1.69. The average molecular weight is 366 g/mol. The highest BCUT2D eigenvalue weighted by molar-refractivity contribution is 8.13. The van der Waals surface area contributed by atoms with Crippen molar-refractivity contribution in [2.24, 2.45) is 5.92 Å². The lowest BCUT2D eigenvalue weighted by Crippen LogP contribution is -2.26. The van der Waals surface area contributed by atoms with E-state index >= 15 is 0 Å². The molecule has 3 rings (SSSR count). The number of amides is 1. The highest BCUT2D eigenvalue weighted by atomic mass is 35.7. The monoisotopic (exact) mass is 365 g/mol. The highest BCUT2D eigenvalue weighted by Crippen LogP contribution is 2.37. The molecule has 2 heterocycles. The van der Waals surface area contributed by atoms with Gasteiger partial charge in [0.25, 0.3) is 0 Å². The van der Waals surface area contributed by atoms with Gasteiger partial charge >= 0.3 is 0 Å². The molecule has 1 aliphatic rings. The van der Waals surface area contributed by atoms with Gasteiger partial charge in [0.15, 0.2) is 0 Å². The van der Waals surface area contributed by atoms with Gasteiger partial charge < -0.3 is 4.90 Å². The molecule has 0 aliphatic carbocycles. The Bertz CT molecular complexity index is 821. The Balaban J connectivity index is 1.98. The molecule has 1 unspecified atom stereocenters. The van der Waals surface area contributed by atoms with Crippen molar-refractivity contribution < 1.29 is 13.2 Å². The predicted molar refractivity (Wildman–Crippen MR) is 82.5 cm³/mol. The lowest BCUT2D eigenvalue weighted by atomic mass is 10.1. The van der Waals surface area contributed by atoms with Crippen molar-refractivity contribution in [1.82, 2.24) is 8.75 Å². The van der Waals surface area contributed by atoms with Gasteiger partial charge in [0.2, 0.25) is 15.0 Å². The first kappa shape index (κ1) is 15.0. The Morgan fingerprint density at radius 3 is 2.86 bits per heavy atom. The molecule has 1 aliphatic heterocycles. The quantitative estimate of drug-likeness (QED) is 0.779. The maximum absolute atomic E-state index is 12.2. The third-order valence-electron chi connectivity index (χ3n) is 3.26. The number of hydrogen-bond donors (Lipinski definition) is 0. The predicted octanol–water partition coefficient (Wildman–Crippen LogP) is 2.27. The van der Waals surface area contributed by atoms with Crippen molar-refractivity contribution in [3.05, 3.63) is 17.2 Å². The number of aromatic nitrogens is 2. The van der Waals surface area contributed by atoms with Crippen molar-refractivity contribution in [3.63, 3.8) is 0 Å². The van der Waals surface area contributed by atoms with Gasteiger partial charge in [-0.2, -0.15) is 8.75 Å². The summed E-state index contributed by atoms with van der Waals surface area (Å²) in [6.45, 7) is 0.251. The summed E-state index contributed by atoms with van der Waals surface area (Å²) in [5.74, 6) is -0.777. The van der Waals surface area contributed by atoms with Crippen LogP contribution in [0.15, 0.2) is 12.1 Å². The normalized spacial score (nSPS) is 19.6. The number of fused-ring (bicyclic) bond motifs is 1. The third kappa shape index (κ3) is 2.98. The fraction of sp³-hybridized carbons (Fsp3) is 0.364. The van der Waals surface area contributed by atoms with E-state index in [0.717, 1.165) is 11.7 Å². The van der Waals surface area contributed by atoms with Gasteiger partial charge in [-0.15, -0.1) is 0 Å². The van der Waals surface area contributed by atoms with E-state index in [2.05, 4.69) is 8.75 Å². The molecular formula is C11H9Cl2N3O3S2. The number of hydrogen-bond acceptors (Lipinski definition) is 6. The summed E-state index contributed by atoms with van der Waals surface area (Å²) in [6.07, 6.45) is 0.121. The molecule has 1 fully saturated rings. The van der Waals surface area contributed by atoms with Crippen LogP contribution < -0.4 is 4.90 Å². The summed E-state index contributed by atoms with van der Waals surface area (Å²) in [7, 11) is 1.62. The Hall–Kier alpha value is -0.960. The van der Waals surface area contributed by atoms with E-state index in [0.29, 0.717) is 21.7 Å². The van der Waals surface area contributed by atoms with Crippen molar-refractivity contribution >= 4 is 65.7 Å². The van der Waals surface area contributed by atoms with Crippen LogP contribution in [0.1, 0.15) is 6.42 Å². The summed E-state index contributed by atoms with van der Waals surface area (Å²) in [6, 6.07) is 3.38. The molecule has 0 spiro atoms. The second kappa shape index (κ2) is 5.35. The number of halogens is 2. The molecule has 0 bridgehead atoms. The molecular weight excluding hydrogens is 357 g/mol. The second-order valence-corrected chi connectivity index (χ2v) is 8.57. The topological polar surface area (TPSA) is 80.2 Å². The average Bonchev–Trinajstić information content (AvgIpc) is 2.94. The van der Waals surface area contributed by atoms with E-state index in [4.69, 9.17) is 22.3 Å². The molecule has 21 heavy (non-hydrogen) atoms. The molecule has 1 aromatic carbocycles. The van der Waals surface area contributed by atoms with Crippen molar-refractivity contribution in [2.75, 3.05) is 17.2 Å². The van der Waals surface area contributed by atoms with Gasteiger partial charge in [0, 0.05) is 29.6 Å². The molecule has 0 N–H and O–H groups in total. The minimum atomic E-state index is -3.64. The Kier molecular flexibility index (Phi) is 3.81. The first-order chi connectivity index (χ1) is 9.85. The summed E-state index contributed by atoms with van der Waals surface area (Å²) in [5, 5.41) is 0.387. The number of rotatable bonds is 3. The molecule has 112 valence electrons. The van der Waals surface area contributed by atoms with Gasteiger partial charge in [-0.05, 0) is 12.1 Å². The van der Waals surface area contributed by atoms with Crippen LogP contribution in [0.3, 0.4) is 0 Å². The maximum atomic E-state index is 12.2. The van der Waals surface area contributed by atoms with Crippen molar-refractivity contribution in [2.45, 2.75) is 6.42 Å². The van der Waals surface area contributed by atoms with Crippen molar-refractivity contribution in [1.29, 1.82) is 0 Å². The van der Waals surface area contributed by atoms with Crippen LogP contribution in [0.2, 0.25) is 5.02 Å². The zero-order valence-electron chi connectivity index (χ0n) is 10.5. The maximum Gasteiger partial charge on any atom is 0.232 e. The van der Waals surface area contributed by atoms with Crippen LogP contribution in [-0.2, 0) is 13.8 Å². The Labute approximate surface area is 134 Å². The zero-order valence-corrected chi connectivity index (χ0v) is 13.6. The molecule has 1 aromatic heterocycles. The number of benzene rings is 1. The smallest absolute Gasteiger partial charge is 0.232 e. The highest BCUT2D eigenvalue weighted by Gasteiger charge is 2.35. The number of nitrogens with zero attached hydrogens (tertiary/aromatic N) is 3. The summed E-state index contributed by atoms with van der Waals surface area (Å²) < 4.78 is 30.6. The number of anilines is 1. The lowest BCUT2D eigenvalue weighted by molar-refractivity contribution is -0.117. The van der Waals surface area contributed by atoms with E-state index in [1.54, 1.807) is 12.1 Å². The first-order valence-corrected chi connectivity index (χ1v) is 9.57. The van der Waals surface area contributed by atoms with E-state index in [1.807, 2.05) is 0 Å². The van der Waals surface area contributed by atoms with Gasteiger partial charge in [0.05, 0.1) is 28.2 Å². The molecule has 1 saturated heterocycles. The van der Waals surface area contributed by atoms with Crippen LogP contribution in [0, 0.1) is 5.92 Å². The Morgan fingerprint density at radius 2 is 2.14 bits per heavy atom. The van der Waals surface area contributed by atoms with Crippen LogP contribution >= 0.6 is 34.0 Å². The van der Waals surface area contributed by atoms with Crippen LogP contribution in [0.25, 0.3) is 11.0 Å². The summed E-state index contributed by atoms with van der Waals surface area (Å²) in [4.78, 5) is 13.6. The van der Waals surface area contributed by atoms with Crippen LogP contribution in [-0.4, -0.2) is 35.4 Å². The standard InChI is InChI=1S/C11H9Cl2N3O3S2/c12-7-1-2-8-10(15-20-14-8)11(7)16-4-6(3-9(16)17)5-21(13,18)19/h1-2,6H,3-5H2. The fourth-order valence-electron chi connectivity index (χ4n) is 2.46. The van der Waals surface area contributed by atoms with Crippen molar-refractivity contribution in [3.8, 4) is 0 Å². The van der Waals surface area contributed by atoms with E-state index in [9.17, 15) is 13.2 Å². The van der Waals surface area contributed by atoms with Gasteiger partial charge in [-0.1, -0.05) is 11.6 Å². The molecule has 10 heteroatoms. The van der Waals surface area contributed by atoms with Crippen LogP contribution in [0.5, 0.6) is 0 Å². The molecule has 1 atom stereocenters. The number of carbonyl (C=O) groups excluding carboxylic acids is 1. The third-order valence-corrected chi connectivity index (χ3v) is 5.36. The fourth-order valence-corrected chi connectivity index (χ4v) is 4.57. The van der Waals surface area contributed by atoms with Gasteiger partial charge in [-0.3, -0.25) is 4.79 Å². The van der Waals surface area contributed by atoms with Gasteiger partial charge in [0.1, 0.15) is 11.0 Å². The minimum absolute atomic E-state index is 0.121. The molecule has 2 aromatic rings. The van der Waals surface area contributed by atoms with Crippen LogP contribution in [0.4, 0.5) is 5.69 Å². The SMILES string of the molecule is O=C1CC(CS(=O)(=O)Cl)CN1c1c(Cl)ccc2nsnc12. The number of carbonyl (C=O) groups is 1. The Morgan fingerprint density at radius 1 is 1.38 bits per heavy atom. The second-order valence-electron chi connectivity index (χ2n) is 4.81. The van der Waals surface area contributed by atoms with E-state index in [1.165, 1.54) is 4.90 Å². The summed E-state index contributed by atoms with van der Waals surface area (Å²) >= 11 is 7.22. The molecule has 0 radical (unpaired) electrons. The van der Waals surface area contributed by atoms with E-state index in [-0.39, 0.29) is 30.5 Å². The zero-order chi connectivity index (χ0) is 15.2. The lowest BCUT2D eigenvalue weighted by Gasteiger charge is -2.18. The molecule has 1 amide bonds.